The quantitative estimate of drug-likeness (QED) is 0.170. The van der Waals surface area contributed by atoms with Crippen LogP contribution in [-0.4, -0.2) is 59.3 Å². The number of nitrogens with zero attached hydrogens (tertiary/aromatic N) is 2. The van der Waals surface area contributed by atoms with Gasteiger partial charge in [-0.05, 0) is 25.7 Å². The summed E-state index contributed by atoms with van der Waals surface area (Å²) in [7, 11) is 0. The van der Waals surface area contributed by atoms with Crippen LogP contribution in [-0.2, 0) is 4.79 Å². The maximum atomic E-state index is 11.6. The van der Waals surface area contributed by atoms with Gasteiger partial charge in [0.1, 0.15) is 0 Å². The minimum absolute atomic E-state index is 0. The Kier molecular flexibility index (Phi) is 18.2. The van der Waals surface area contributed by atoms with Crippen LogP contribution in [0.4, 0.5) is 0 Å². The van der Waals surface area contributed by atoms with E-state index in [1.54, 1.807) is 6.92 Å². The number of rotatable bonds is 14. The van der Waals surface area contributed by atoms with Crippen LogP contribution in [0, 0.1) is 0 Å². The summed E-state index contributed by atoms with van der Waals surface area (Å²) in [6.07, 6.45) is 5.52. The Balaban J connectivity index is 0. The van der Waals surface area contributed by atoms with Crippen molar-refractivity contribution < 1.29 is 49.7 Å². The van der Waals surface area contributed by atoms with Crippen molar-refractivity contribution in [3.8, 4) is 0 Å². The average Bonchev–Trinajstić information content (AvgIpc) is 2.43. The summed E-state index contributed by atoms with van der Waals surface area (Å²) >= 11 is 0. The maximum Gasteiger partial charge on any atom is 1.00 e. The molecule has 0 aromatic heterocycles. The first-order valence-corrected chi connectivity index (χ1v) is 8.28. The van der Waals surface area contributed by atoms with Gasteiger partial charge in [-0.2, -0.15) is 0 Å². The molecular weight excluding hydrogens is 307 g/mol. The van der Waals surface area contributed by atoms with Gasteiger partial charge in [0.15, 0.2) is 0 Å². The van der Waals surface area contributed by atoms with Crippen LogP contribution in [0.2, 0.25) is 0 Å². The Hall–Kier alpha value is -0.140. The molecule has 0 radical (unpaired) electrons. The van der Waals surface area contributed by atoms with Gasteiger partial charge < -0.3 is 20.3 Å². The van der Waals surface area contributed by atoms with E-state index < -0.39 is 12.1 Å². The molecule has 0 aromatic carbocycles. The molecule has 0 aliphatic heterocycles. The molecule has 0 aliphatic carbocycles. The van der Waals surface area contributed by atoms with Crippen LogP contribution in [0.15, 0.2) is 4.99 Å². The van der Waals surface area contributed by atoms with Crippen molar-refractivity contribution in [2.24, 2.45) is 4.99 Å². The average molecular weight is 338 g/mol. The van der Waals surface area contributed by atoms with Crippen LogP contribution in [0.3, 0.4) is 0 Å². The van der Waals surface area contributed by atoms with E-state index in [2.05, 4.69) is 11.9 Å². The van der Waals surface area contributed by atoms with Gasteiger partial charge in [-0.3, -0.25) is 9.69 Å². The fraction of sp³-hybridized carbons (Fsp3) is 0.875. The summed E-state index contributed by atoms with van der Waals surface area (Å²) in [5, 5.41) is 29.7. The van der Waals surface area contributed by atoms with Crippen molar-refractivity contribution in [1.82, 2.24) is 4.90 Å². The zero-order chi connectivity index (χ0) is 16.8. The van der Waals surface area contributed by atoms with Crippen LogP contribution in [0.25, 0.3) is 0 Å². The number of aliphatic carboxylic acids is 1. The Morgan fingerprint density at radius 3 is 2.39 bits per heavy atom. The van der Waals surface area contributed by atoms with E-state index in [0.717, 1.165) is 12.8 Å². The second-order valence-corrected chi connectivity index (χ2v) is 5.73. The molecule has 130 valence electrons. The number of carboxylic acids is 1. The summed E-state index contributed by atoms with van der Waals surface area (Å²) < 4.78 is 0. The maximum absolute atomic E-state index is 11.6. The van der Waals surface area contributed by atoms with Gasteiger partial charge in [-0.15, -0.1) is 0 Å². The summed E-state index contributed by atoms with van der Waals surface area (Å²) in [6.45, 7) is 5.44. The Bertz CT molecular complexity index is 325. The van der Waals surface area contributed by atoms with Crippen molar-refractivity contribution in [1.29, 1.82) is 0 Å². The summed E-state index contributed by atoms with van der Waals surface area (Å²) in [6, 6.07) is 0. The third-order valence-electron chi connectivity index (χ3n) is 3.36. The fourth-order valence-electron chi connectivity index (χ4n) is 2.20. The smallest absolute Gasteiger partial charge is 0.862 e. The van der Waals surface area contributed by atoms with Crippen molar-refractivity contribution >= 4 is 11.9 Å². The zero-order valence-corrected chi connectivity index (χ0v) is 17.0. The van der Waals surface area contributed by atoms with E-state index in [1.807, 2.05) is 4.90 Å². The minimum Gasteiger partial charge on any atom is -0.862 e. The number of carbonyl (C=O) groups is 1. The predicted molar refractivity (Wildman–Crippen MR) is 86.1 cm³/mol. The van der Waals surface area contributed by atoms with E-state index in [4.69, 9.17) is 5.11 Å². The molecule has 0 aromatic rings. The number of hydrogen-bond donors (Lipinski definition) is 2. The summed E-state index contributed by atoms with van der Waals surface area (Å²) in [5.41, 5.74) is 0. The third-order valence-corrected chi connectivity index (χ3v) is 3.36. The third kappa shape index (κ3) is 18.0. The van der Waals surface area contributed by atoms with E-state index in [0.29, 0.717) is 32.6 Å². The molecule has 1 unspecified atom stereocenters. The molecule has 23 heavy (non-hydrogen) atoms. The SMILES string of the molecule is CCCCCCCC([O-])=NCCN(CCC(=O)O)CC(C)O.[Na+]. The van der Waals surface area contributed by atoms with Crippen molar-refractivity contribution in [3.63, 3.8) is 0 Å². The molecule has 0 heterocycles. The number of aliphatic imine (C=N–C) groups is 1. The molecule has 0 amide bonds. The van der Waals surface area contributed by atoms with Gasteiger partial charge in [0.2, 0.25) is 0 Å². The second-order valence-electron chi connectivity index (χ2n) is 5.73. The van der Waals surface area contributed by atoms with E-state index >= 15 is 0 Å². The largest absolute Gasteiger partial charge is 1.00 e. The van der Waals surface area contributed by atoms with Gasteiger partial charge in [0.05, 0.1) is 19.1 Å². The first-order valence-electron chi connectivity index (χ1n) is 8.28. The summed E-state index contributed by atoms with van der Waals surface area (Å²) in [4.78, 5) is 16.4. The van der Waals surface area contributed by atoms with E-state index in [-0.39, 0.29) is 41.9 Å². The molecule has 6 nitrogen and oxygen atoms in total. The standard InChI is InChI=1S/C16H32N2O4.Na/c1-3-4-5-6-7-8-15(20)17-10-12-18(13-14(2)19)11-9-16(21)22;/h14,19H,3-13H2,1-2H3,(H,17,20)(H,21,22);/q;+1/p-1. The molecular formula is C16H31N2NaO4. The fourth-order valence-corrected chi connectivity index (χ4v) is 2.20. The van der Waals surface area contributed by atoms with Crippen LogP contribution < -0.4 is 34.7 Å². The first-order chi connectivity index (χ1) is 10.5. The molecule has 0 fully saturated rings. The predicted octanol–water partition coefficient (Wildman–Crippen LogP) is -1.73. The van der Waals surface area contributed by atoms with Gasteiger partial charge >= 0.3 is 35.5 Å². The Morgan fingerprint density at radius 1 is 1.17 bits per heavy atom. The molecule has 0 rings (SSSR count). The van der Waals surface area contributed by atoms with Gasteiger partial charge in [-0.25, -0.2) is 0 Å². The first kappa shape index (κ1) is 25.1. The molecule has 0 aliphatic rings. The second kappa shape index (κ2) is 16.7. The number of unbranched alkanes of at least 4 members (excludes halogenated alkanes) is 4. The van der Waals surface area contributed by atoms with Gasteiger partial charge in [-0.1, -0.05) is 32.6 Å². The summed E-state index contributed by atoms with van der Waals surface area (Å²) in [5.74, 6) is -0.942. The Labute approximate surface area is 162 Å². The van der Waals surface area contributed by atoms with Crippen LogP contribution in [0.1, 0.15) is 58.8 Å². The normalized spacial score (nSPS) is 13.0. The molecule has 1 atom stereocenters. The molecule has 0 spiro atoms. The molecule has 0 saturated carbocycles. The van der Waals surface area contributed by atoms with Crippen LogP contribution >= 0.6 is 0 Å². The van der Waals surface area contributed by atoms with Gasteiger partial charge in [0.25, 0.3) is 0 Å². The number of aliphatic hydroxyl groups is 1. The van der Waals surface area contributed by atoms with Crippen molar-refractivity contribution in [2.75, 3.05) is 26.2 Å². The number of hydrogen-bond acceptors (Lipinski definition) is 5. The number of carboxylic acid groups (broad SMARTS) is 1. The molecule has 0 saturated heterocycles. The zero-order valence-electron chi connectivity index (χ0n) is 15.0. The van der Waals surface area contributed by atoms with E-state index in [1.165, 1.54) is 19.3 Å². The van der Waals surface area contributed by atoms with Crippen molar-refractivity contribution in [3.05, 3.63) is 0 Å². The molecule has 2 N–H and O–H groups in total. The molecule has 0 bridgehead atoms. The van der Waals surface area contributed by atoms with Crippen molar-refractivity contribution in [2.45, 2.75) is 64.9 Å². The van der Waals surface area contributed by atoms with Gasteiger partial charge in [0, 0.05) is 19.6 Å². The van der Waals surface area contributed by atoms with Crippen LogP contribution in [0.5, 0.6) is 0 Å². The molecule has 7 heteroatoms. The number of aliphatic hydroxyl groups excluding tert-OH is 1. The van der Waals surface area contributed by atoms with E-state index in [9.17, 15) is 15.0 Å². The Morgan fingerprint density at radius 2 is 1.83 bits per heavy atom. The monoisotopic (exact) mass is 338 g/mol. The topological polar surface area (TPSA) is 96.2 Å². The minimum atomic E-state index is -0.865.